The van der Waals surface area contributed by atoms with Gasteiger partial charge in [-0.2, -0.15) is 0 Å². The van der Waals surface area contributed by atoms with Crippen molar-refractivity contribution in [2.45, 2.75) is 31.6 Å². The summed E-state index contributed by atoms with van der Waals surface area (Å²) in [6.45, 7) is 7.43. The average molecular weight is 460 g/mol. The molecule has 1 saturated heterocycles. The number of carbonyl (C=O) groups is 2. The van der Waals surface area contributed by atoms with Crippen LogP contribution in [0.1, 0.15) is 57.8 Å². The van der Waals surface area contributed by atoms with E-state index >= 15 is 0 Å². The van der Waals surface area contributed by atoms with E-state index in [1.807, 2.05) is 55.4 Å². The molecule has 2 aromatic rings. The molecule has 2 unspecified atom stereocenters. The van der Waals surface area contributed by atoms with E-state index in [1.54, 1.807) is 6.20 Å². The number of nitrogens with one attached hydrogen (secondary N) is 1. The van der Waals surface area contributed by atoms with E-state index in [9.17, 15) is 9.59 Å². The molecule has 8 heteroatoms. The van der Waals surface area contributed by atoms with Crippen molar-refractivity contribution in [3.8, 4) is 0 Å². The summed E-state index contributed by atoms with van der Waals surface area (Å²) < 4.78 is 5.35. The Balaban J connectivity index is 1.51. The van der Waals surface area contributed by atoms with E-state index in [0.29, 0.717) is 50.4 Å². The number of aromatic nitrogens is 1. The van der Waals surface area contributed by atoms with Crippen molar-refractivity contribution in [3.05, 3.63) is 65.0 Å². The number of hydrogen-bond acceptors (Lipinski definition) is 6. The Morgan fingerprint density at radius 3 is 2.68 bits per heavy atom. The van der Waals surface area contributed by atoms with E-state index in [4.69, 9.17) is 4.74 Å². The Bertz CT molecular complexity index is 1050. The zero-order chi connectivity index (χ0) is 24.1. The van der Waals surface area contributed by atoms with Crippen LogP contribution in [0.25, 0.3) is 0 Å². The van der Waals surface area contributed by atoms with Crippen molar-refractivity contribution in [2.75, 3.05) is 46.9 Å². The third kappa shape index (κ3) is 5.62. The summed E-state index contributed by atoms with van der Waals surface area (Å²) in [5, 5.41) is 3.58. The number of ether oxygens (including phenoxy) is 1. The van der Waals surface area contributed by atoms with Crippen molar-refractivity contribution in [1.29, 1.82) is 0 Å². The van der Waals surface area contributed by atoms with Crippen LogP contribution in [0.2, 0.25) is 5.82 Å². The van der Waals surface area contributed by atoms with Gasteiger partial charge in [0.05, 0.1) is 0 Å². The first-order chi connectivity index (χ1) is 16.4. The van der Waals surface area contributed by atoms with Crippen molar-refractivity contribution in [3.63, 3.8) is 0 Å². The fourth-order valence-corrected chi connectivity index (χ4v) is 4.53. The Morgan fingerprint density at radius 1 is 1.24 bits per heavy atom. The van der Waals surface area contributed by atoms with Crippen LogP contribution in [0.3, 0.4) is 0 Å². The molecule has 2 aliphatic heterocycles. The standard InChI is InChI=1S/C26H33BN4O3/c1-18-6-11-23(32)21-5-4-12-28-24(21)25(27-18)29-17-22(30(2)3)19-7-9-20(10-8-19)26(33)31-13-15-34-16-14-31/h4-5,7-10,12,18,22,29H,6,11,13-17H2,1-3H3. The minimum atomic E-state index is 0.0513. The zero-order valence-electron chi connectivity index (χ0n) is 20.3. The Hall–Kier alpha value is -2.84. The van der Waals surface area contributed by atoms with Gasteiger partial charge in [-0.3, -0.25) is 0 Å². The predicted octanol–water partition coefficient (Wildman–Crippen LogP) is 2.41. The van der Waals surface area contributed by atoms with Crippen LogP contribution in [0, 0.1) is 0 Å². The molecule has 2 atom stereocenters. The molecule has 0 radical (unpaired) electrons. The number of rotatable bonds is 6. The van der Waals surface area contributed by atoms with Gasteiger partial charge in [-0.25, -0.2) is 0 Å². The van der Waals surface area contributed by atoms with Crippen LogP contribution in [0.5, 0.6) is 0 Å². The molecule has 34 heavy (non-hydrogen) atoms. The van der Waals surface area contributed by atoms with Gasteiger partial charge in [0.2, 0.25) is 0 Å². The topological polar surface area (TPSA) is 74.8 Å². The van der Waals surface area contributed by atoms with Crippen LogP contribution >= 0.6 is 0 Å². The number of nitrogens with zero attached hydrogens (tertiary/aromatic N) is 3. The number of pyridine rings is 1. The van der Waals surface area contributed by atoms with Crippen LogP contribution in [0.15, 0.2) is 42.6 Å². The van der Waals surface area contributed by atoms with Gasteiger partial charge in [0.15, 0.2) is 0 Å². The molecule has 1 aromatic carbocycles. The second kappa shape index (κ2) is 11.1. The average Bonchev–Trinajstić information content (AvgIpc) is 2.86. The Morgan fingerprint density at radius 2 is 1.97 bits per heavy atom. The molecule has 7 nitrogen and oxygen atoms in total. The quantitative estimate of drug-likeness (QED) is 0.668. The number of likely N-dealkylation sites (N-methyl/N-ethyl adjacent to an activating group) is 1. The van der Waals surface area contributed by atoms with Crippen molar-refractivity contribution in [2.24, 2.45) is 0 Å². The fourth-order valence-electron chi connectivity index (χ4n) is 4.53. The first kappa shape index (κ1) is 24.3. The number of morpholine rings is 1. The number of fused-ring (bicyclic) bond motifs is 1. The number of Topliss-reactive ketones (excluding diaryl/α,β-unsaturated/α-hetero) is 1. The first-order valence-corrected chi connectivity index (χ1v) is 12.0. The summed E-state index contributed by atoms with van der Waals surface area (Å²) in [6, 6.07) is 11.7. The van der Waals surface area contributed by atoms with Gasteiger partial charge in [0.1, 0.15) is 0 Å². The molecule has 1 amide bonds. The number of ketones is 1. The van der Waals surface area contributed by atoms with E-state index in [1.165, 1.54) is 0 Å². The molecule has 178 valence electrons. The van der Waals surface area contributed by atoms with Crippen LogP contribution in [0.4, 0.5) is 0 Å². The summed E-state index contributed by atoms with van der Waals surface area (Å²) in [4.78, 5) is 34.0. The monoisotopic (exact) mass is 460 g/mol. The molecule has 0 aliphatic carbocycles. The number of carbonyl (C=O) groups excluding carboxylic acids is 2. The molecule has 3 heterocycles. The van der Waals surface area contributed by atoms with Crippen LogP contribution in [-0.4, -0.2) is 85.9 Å². The molecule has 1 fully saturated rings. The predicted molar refractivity (Wildman–Crippen MR) is 135 cm³/mol. The van der Waals surface area contributed by atoms with Crippen LogP contribution in [-0.2, 0) is 4.74 Å². The Labute approximate surface area is 202 Å². The number of hydrogen-bond donors (Lipinski definition) is 1. The van der Waals surface area contributed by atoms with Crippen LogP contribution < -0.4 is 5.32 Å². The molecular weight excluding hydrogens is 427 g/mol. The SMILES string of the molecule is CC1B=C(NCC(c2ccc(C(=O)N3CCOCC3)cc2)N(C)C)c2ncccc2C(=O)CC1. The minimum absolute atomic E-state index is 0.0513. The van der Waals surface area contributed by atoms with E-state index < -0.39 is 0 Å². The maximum atomic E-state index is 12.8. The molecule has 0 bridgehead atoms. The van der Waals surface area contributed by atoms with Gasteiger partial charge >= 0.3 is 197 Å². The first-order valence-electron chi connectivity index (χ1n) is 12.0. The summed E-state index contributed by atoms with van der Waals surface area (Å²) in [5.41, 5.74) is 4.13. The summed E-state index contributed by atoms with van der Waals surface area (Å²) in [5.74, 6) is 0.479. The second-order valence-corrected chi connectivity index (χ2v) is 9.31. The van der Waals surface area contributed by atoms with Gasteiger partial charge in [0.25, 0.3) is 0 Å². The van der Waals surface area contributed by atoms with Crippen molar-refractivity contribution in [1.82, 2.24) is 20.1 Å². The summed E-state index contributed by atoms with van der Waals surface area (Å²) >= 11 is 0. The van der Waals surface area contributed by atoms with Gasteiger partial charge in [-0.15, -0.1) is 0 Å². The van der Waals surface area contributed by atoms with Gasteiger partial charge in [-0.1, -0.05) is 0 Å². The Kier molecular flexibility index (Phi) is 7.90. The third-order valence-corrected chi connectivity index (χ3v) is 6.59. The third-order valence-electron chi connectivity index (χ3n) is 6.59. The fraction of sp³-hybridized carbons (Fsp3) is 0.462. The molecule has 2 aliphatic rings. The van der Waals surface area contributed by atoms with E-state index in [0.717, 1.165) is 23.3 Å². The van der Waals surface area contributed by atoms with Crippen molar-refractivity contribution < 1.29 is 14.3 Å². The molecular formula is C26H33BN4O3. The molecule has 1 N–H and O–H groups in total. The number of amides is 1. The maximum absolute atomic E-state index is 12.8. The summed E-state index contributed by atoms with van der Waals surface area (Å²) in [7, 11) is 4.09. The van der Waals surface area contributed by atoms with Gasteiger partial charge < -0.3 is 4.74 Å². The normalized spacial score (nSPS) is 19.4. The van der Waals surface area contributed by atoms with Crippen molar-refractivity contribution >= 4 is 24.2 Å². The second-order valence-electron chi connectivity index (χ2n) is 9.31. The van der Waals surface area contributed by atoms with Gasteiger partial charge in [0, 0.05) is 0 Å². The van der Waals surface area contributed by atoms with E-state index in [-0.39, 0.29) is 23.5 Å². The molecule has 1 aromatic heterocycles. The number of benzene rings is 1. The molecule has 0 spiro atoms. The zero-order valence-corrected chi connectivity index (χ0v) is 20.3. The van der Waals surface area contributed by atoms with E-state index in [2.05, 4.69) is 29.0 Å². The molecule has 4 rings (SSSR count). The summed E-state index contributed by atoms with van der Waals surface area (Å²) in [6.07, 6.45) is 3.11. The van der Waals surface area contributed by atoms with Gasteiger partial charge in [-0.05, 0) is 0 Å². The molecule has 0 saturated carbocycles.